The van der Waals surface area contributed by atoms with Crippen molar-refractivity contribution in [2.45, 2.75) is 0 Å². The van der Waals surface area contributed by atoms with Gasteiger partial charge in [-0.15, -0.1) is 0 Å². The van der Waals surface area contributed by atoms with Crippen LogP contribution in [0.4, 0.5) is 11.4 Å². The highest BCUT2D eigenvalue weighted by Crippen LogP contribution is 2.30. The van der Waals surface area contributed by atoms with Gasteiger partial charge in [-0.2, -0.15) is 0 Å². The largest absolute Gasteiger partial charge is 0.497 e. The maximum absolute atomic E-state index is 12.5. The summed E-state index contributed by atoms with van der Waals surface area (Å²) in [5, 5.41) is 6.57. The molecular weight excluding hydrogens is 362 g/mol. The molecule has 0 saturated heterocycles. The standard InChI is InChI=1S/C19H19N5O4/c1-26-13-7-8-16(27-2)14(9-13)23-18(25)15-10-17(28-24-15)11-3-5-12(6-4-11)22-19(20)21/h3-10H,1-2H3,(H,23,25)(H4,20,21,22). The number of hydrogen-bond acceptors (Lipinski definition) is 6. The molecule has 9 nitrogen and oxygen atoms in total. The molecule has 0 radical (unpaired) electrons. The molecule has 0 aliphatic rings. The summed E-state index contributed by atoms with van der Waals surface area (Å²) in [6.07, 6.45) is 0. The molecule has 1 aromatic heterocycles. The molecule has 5 N–H and O–H groups in total. The lowest BCUT2D eigenvalue weighted by Gasteiger charge is -2.10. The lowest BCUT2D eigenvalue weighted by Crippen LogP contribution is -2.21. The highest BCUT2D eigenvalue weighted by atomic mass is 16.5. The van der Waals surface area contributed by atoms with Gasteiger partial charge in [0.15, 0.2) is 17.4 Å². The molecule has 0 bridgehead atoms. The maximum atomic E-state index is 12.5. The van der Waals surface area contributed by atoms with E-state index in [0.29, 0.717) is 28.6 Å². The summed E-state index contributed by atoms with van der Waals surface area (Å²) in [6.45, 7) is 0. The molecule has 1 amide bonds. The Hall–Kier alpha value is -4.01. The number of carbonyl (C=O) groups is 1. The number of carbonyl (C=O) groups excluding carboxylic acids is 1. The Morgan fingerprint density at radius 2 is 1.82 bits per heavy atom. The molecule has 0 atom stereocenters. The molecule has 3 aromatic rings. The molecule has 2 aromatic carbocycles. The monoisotopic (exact) mass is 381 g/mol. The van der Waals surface area contributed by atoms with Gasteiger partial charge in [-0.3, -0.25) is 4.79 Å². The van der Waals surface area contributed by atoms with Crippen LogP contribution in [0.1, 0.15) is 10.5 Å². The molecule has 0 saturated carbocycles. The Balaban J connectivity index is 1.78. The van der Waals surface area contributed by atoms with Crippen LogP contribution in [0, 0.1) is 0 Å². The number of nitrogens with two attached hydrogens (primary N) is 2. The lowest BCUT2D eigenvalue weighted by atomic mass is 10.1. The fourth-order valence-corrected chi connectivity index (χ4v) is 2.47. The van der Waals surface area contributed by atoms with Crippen LogP contribution in [0.3, 0.4) is 0 Å². The minimum atomic E-state index is -0.446. The lowest BCUT2D eigenvalue weighted by molar-refractivity contribution is 0.101. The average molecular weight is 381 g/mol. The van der Waals surface area contributed by atoms with Crippen molar-refractivity contribution in [3.8, 4) is 22.8 Å². The van der Waals surface area contributed by atoms with Gasteiger partial charge in [-0.05, 0) is 36.4 Å². The number of nitrogens with one attached hydrogen (secondary N) is 1. The smallest absolute Gasteiger partial charge is 0.277 e. The third-order valence-corrected chi connectivity index (χ3v) is 3.81. The van der Waals surface area contributed by atoms with Gasteiger partial charge in [0.05, 0.1) is 25.6 Å². The van der Waals surface area contributed by atoms with E-state index in [9.17, 15) is 4.79 Å². The average Bonchev–Trinajstić information content (AvgIpc) is 3.18. The number of ether oxygens (including phenoxy) is 2. The van der Waals surface area contributed by atoms with Crippen LogP contribution in [0.25, 0.3) is 11.3 Å². The normalized spacial score (nSPS) is 10.2. The second-order valence-electron chi connectivity index (χ2n) is 5.68. The van der Waals surface area contributed by atoms with Crippen molar-refractivity contribution in [2.75, 3.05) is 19.5 Å². The second-order valence-corrected chi connectivity index (χ2v) is 5.68. The number of guanidine groups is 1. The summed E-state index contributed by atoms with van der Waals surface area (Å²) in [6, 6.07) is 13.6. The Labute approximate surface area is 160 Å². The van der Waals surface area contributed by atoms with Gasteiger partial charge in [-0.1, -0.05) is 5.16 Å². The predicted octanol–water partition coefficient (Wildman–Crippen LogP) is 2.52. The first-order valence-electron chi connectivity index (χ1n) is 8.20. The van der Waals surface area contributed by atoms with E-state index in [-0.39, 0.29) is 11.7 Å². The number of aliphatic imine (C=N–C) groups is 1. The zero-order valence-electron chi connectivity index (χ0n) is 15.3. The number of anilines is 1. The van der Waals surface area contributed by atoms with E-state index in [1.807, 2.05) is 0 Å². The summed E-state index contributed by atoms with van der Waals surface area (Å²) in [5.41, 5.74) is 12.6. The van der Waals surface area contributed by atoms with Crippen molar-refractivity contribution in [3.05, 3.63) is 54.2 Å². The summed E-state index contributed by atoms with van der Waals surface area (Å²) >= 11 is 0. The third kappa shape index (κ3) is 4.21. The van der Waals surface area contributed by atoms with Crippen LogP contribution in [-0.2, 0) is 0 Å². The van der Waals surface area contributed by atoms with E-state index in [2.05, 4.69) is 15.5 Å². The molecular formula is C19H19N5O4. The molecule has 0 spiro atoms. The molecule has 28 heavy (non-hydrogen) atoms. The van der Waals surface area contributed by atoms with E-state index in [1.54, 1.807) is 42.5 Å². The van der Waals surface area contributed by atoms with Crippen molar-refractivity contribution in [1.29, 1.82) is 0 Å². The summed E-state index contributed by atoms with van der Waals surface area (Å²) < 4.78 is 15.7. The molecule has 9 heteroatoms. The van der Waals surface area contributed by atoms with Gasteiger partial charge < -0.3 is 30.8 Å². The molecule has 0 aliphatic heterocycles. The Kier molecular flexibility index (Phi) is 5.45. The third-order valence-electron chi connectivity index (χ3n) is 3.81. The first kappa shape index (κ1) is 18.8. The van der Waals surface area contributed by atoms with E-state index in [1.165, 1.54) is 20.3 Å². The molecule has 0 aliphatic carbocycles. The van der Waals surface area contributed by atoms with Gasteiger partial charge in [-0.25, -0.2) is 4.99 Å². The summed E-state index contributed by atoms with van der Waals surface area (Å²) in [5.74, 6) is 1.03. The minimum absolute atomic E-state index is 0.0284. The van der Waals surface area contributed by atoms with Crippen LogP contribution in [-0.4, -0.2) is 31.2 Å². The van der Waals surface area contributed by atoms with Crippen molar-refractivity contribution in [2.24, 2.45) is 16.5 Å². The molecule has 144 valence electrons. The van der Waals surface area contributed by atoms with Gasteiger partial charge >= 0.3 is 0 Å². The van der Waals surface area contributed by atoms with Crippen LogP contribution in [0.2, 0.25) is 0 Å². The summed E-state index contributed by atoms with van der Waals surface area (Å²) in [7, 11) is 3.05. The van der Waals surface area contributed by atoms with Crippen molar-refractivity contribution in [1.82, 2.24) is 5.16 Å². The second kappa shape index (κ2) is 8.12. The Morgan fingerprint density at radius 3 is 2.46 bits per heavy atom. The van der Waals surface area contributed by atoms with Crippen LogP contribution >= 0.6 is 0 Å². The number of amides is 1. The molecule has 0 unspecified atom stereocenters. The highest BCUT2D eigenvalue weighted by molar-refractivity contribution is 6.04. The van der Waals surface area contributed by atoms with E-state index >= 15 is 0 Å². The zero-order valence-corrected chi connectivity index (χ0v) is 15.3. The Bertz CT molecular complexity index is 1010. The predicted molar refractivity (Wildman–Crippen MR) is 105 cm³/mol. The van der Waals surface area contributed by atoms with Crippen molar-refractivity contribution >= 4 is 23.2 Å². The van der Waals surface area contributed by atoms with Crippen LogP contribution < -0.4 is 26.3 Å². The van der Waals surface area contributed by atoms with Gasteiger partial charge in [0.25, 0.3) is 5.91 Å². The quantitative estimate of drug-likeness (QED) is 0.440. The fourth-order valence-electron chi connectivity index (χ4n) is 2.47. The van der Waals surface area contributed by atoms with E-state index in [4.69, 9.17) is 25.5 Å². The van der Waals surface area contributed by atoms with Crippen molar-refractivity contribution in [3.63, 3.8) is 0 Å². The SMILES string of the molecule is COc1ccc(OC)c(NC(=O)c2cc(-c3ccc(N=C(N)N)cc3)on2)c1. The van der Waals surface area contributed by atoms with Gasteiger partial charge in [0.2, 0.25) is 0 Å². The molecule has 3 rings (SSSR count). The number of nitrogens with zero attached hydrogens (tertiary/aromatic N) is 2. The first-order chi connectivity index (χ1) is 13.5. The van der Waals surface area contributed by atoms with E-state index in [0.717, 1.165) is 5.56 Å². The fraction of sp³-hybridized carbons (Fsp3) is 0.105. The van der Waals surface area contributed by atoms with Crippen LogP contribution in [0.15, 0.2) is 58.0 Å². The minimum Gasteiger partial charge on any atom is -0.497 e. The van der Waals surface area contributed by atoms with Crippen LogP contribution in [0.5, 0.6) is 11.5 Å². The number of hydrogen-bond donors (Lipinski definition) is 3. The highest BCUT2D eigenvalue weighted by Gasteiger charge is 2.16. The van der Waals surface area contributed by atoms with Crippen molar-refractivity contribution < 1.29 is 18.8 Å². The Morgan fingerprint density at radius 1 is 1.07 bits per heavy atom. The maximum Gasteiger partial charge on any atom is 0.277 e. The van der Waals surface area contributed by atoms with Gasteiger partial charge in [0, 0.05) is 17.7 Å². The molecule has 0 fully saturated rings. The summed E-state index contributed by atoms with van der Waals surface area (Å²) in [4.78, 5) is 16.5. The number of rotatable bonds is 6. The van der Waals surface area contributed by atoms with E-state index < -0.39 is 5.91 Å². The number of benzene rings is 2. The van der Waals surface area contributed by atoms with Gasteiger partial charge in [0.1, 0.15) is 11.5 Å². The topological polar surface area (TPSA) is 138 Å². The number of methoxy groups -OCH3 is 2. The first-order valence-corrected chi connectivity index (χ1v) is 8.20. The molecule has 1 heterocycles. The zero-order chi connectivity index (χ0) is 20.1. The number of aromatic nitrogens is 1.